The van der Waals surface area contributed by atoms with Crippen LogP contribution in [-0.2, 0) is 5.41 Å². The van der Waals surface area contributed by atoms with E-state index in [2.05, 4.69) is 49.8 Å². The summed E-state index contributed by atoms with van der Waals surface area (Å²) in [5.41, 5.74) is 12.0. The second-order valence-electron chi connectivity index (χ2n) is 11.7. The lowest BCUT2D eigenvalue weighted by molar-refractivity contribution is -0.521. The molecule has 10 N–H and O–H groups in total. The lowest BCUT2D eigenvalue weighted by atomic mass is 9.79. The first-order valence-corrected chi connectivity index (χ1v) is 13.7. The number of nitrogens with one attached hydrogen (secondary N) is 4. The van der Waals surface area contributed by atoms with Gasteiger partial charge >= 0.3 is 5.96 Å². The number of para-hydroxylation sites is 1. The van der Waals surface area contributed by atoms with Gasteiger partial charge in [-0.05, 0) is 30.9 Å². The molecule has 15 nitrogen and oxygen atoms in total. The molecule has 1 spiro atoms. The van der Waals surface area contributed by atoms with Gasteiger partial charge in [0.2, 0.25) is 5.79 Å². The number of benzene rings is 1. The summed E-state index contributed by atoms with van der Waals surface area (Å²) in [6.07, 6.45) is 2.29. The molecule has 4 aliphatic rings. The van der Waals surface area contributed by atoms with Gasteiger partial charge in [0, 0.05) is 18.3 Å². The molecule has 0 bridgehead atoms. The summed E-state index contributed by atoms with van der Waals surface area (Å²) >= 11 is 0. The van der Waals surface area contributed by atoms with E-state index in [-0.39, 0.29) is 36.1 Å². The number of hydrogen-bond acceptors (Lipinski definition) is 12. The maximum atomic E-state index is 13.6. The van der Waals surface area contributed by atoms with E-state index in [1.807, 2.05) is 6.07 Å². The number of nitrogens with zero attached hydrogens (tertiary/aromatic N) is 4. The molecule has 4 atom stereocenters. The van der Waals surface area contributed by atoms with Crippen LogP contribution in [0.2, 0.25) is 0 Å². The Hall–Kier alpha value is -4.50. The molecule has 0 radical (unpaired) electrons. The Morgan fingerprint density at radius 3 is 2.79 bits per heavy atom. The van der Waals surface area contributed by atoms with Crippen molar-refractivity contribution in [3.8, 4) is 5.75 Å². The van der Waals surface area contributed by atoms with Crippen molar-refractivity contribution in [3.05, 3.63) is 53.1 Å². The van der Waals surface area contributed by atoms with Gasteiger partial charge in [0.15, 0.2) is 12.0 Å². The first kappa shape index (κ1) is 27.7. The summed E-state index contributed by atoms with van der Waals surface area (Å²) in [7, 11) is 0. The topological polar surface area (TPSA) is 227 Å². The van der Waals surface area contributed by atoms with E-state index in [1.54, 1.807) is 19.1 Å². The number of fused-ring (bicyclic) bond motifs is 1. The molecule has 15 heteroatoms. The van der Waals surface area contributed by atoms with Crippen LogP contribution in [0.15, 0.2) is 35.5 Å². The number of carbonyl (C=O) groups excluding carboxylic acids is 2. The van der Waals surface area contributed by atoms with Crippen LogP contribution in [0.25, 0.3) is 0 Å². The van der Waals surface area contributed by atoms with Crippen molar-refractivity contribution >= 4 is 23.7 Å². The van der Waals surface area contributed by atoms with Crippen molar-refractivity contribution in [3.63, 3.8) is 0 Å². The number of carbonyl (C=O) groups is 2. The van der Waals surface area contributed by atoms with Gasteiger partial charge in [-0.3, -0.25) is 25.2 Å². The largest absolute Gasteiger partial charge is 0.492 e. The van der Waals surface area contributed by atoms with Crippen LogP contribution in [0.1, 0.15) is 52.5 Å². The zero-order chi connectivity index (χ0) is 30.0. The lowest BCUT2D eigenvalue weighted by Crippen LogP contribution is -2.90. The Kier molecular flexibility index (Phi) is 6.27. The minimum atomic E-state index is -2.59. The smallest absolute Gasteiger partial charge is 0.343 e. The van der Waals surface area contributed by atoms with Crippen molar-refractivity contribution in [2.24, 2.45) is 16.5 Å². The third-order valence-electron chi connectivity index (χ3n) is 8.63. The number of amides is 2. The van der Waals surface area contributed by atoms with Gasteiger partial charge in [0.05, 0.1) is 18.7 Å². The van der Waals surface area contributed by atoms with Crippen molar-refractivity contribution in [2.75, 3.05) is 19.7 Å². The van der Waals surface area contributed by atoms with Gasteiger partial charge in [-0.2, -0.15) is 0 Å². The number of aliphatic hydroxyl groups is 2. The molecule has 1 saturated heterocycles. The first-order valence-electron chi connectivity index (χ1n) is 13.7. The van der Waals surface area contributed by atoms with E-state index in [1.165, 1.54) is 17.2 Å². The fourth-order valence-electron chi connectivity index (χ4n) is 6.39. The summed E-state index contributed by atoms with van der Waals surface area (Å²) in [4.78, 5) is 43.5. The quantitative estimate of drug-likeness (QED) is 0.160. The predicted octanol–water partition coefficient (Wildman–Crippen LogP) is -3.87. The molecule has 2 amide bonds. The van der Waals surface area contributed by atoms with Crippen molar-refractivity contribution < 1.29 is 29.5 Å². The highest BCUT2D eigenvalue weighted by molar-refractivity contribution is 5.98. The third kappa shape index (κ3) is 4.10. The highest BCUT2D eigenvalue weighted by atomic mass is 16.5. The molecule has 0 aliphatic carbocycles. The number of aryl methyl sites for hydroxylation is 1. The highest BCUT2D eigenvalue weighted by Crippen LogP contribution is 2.43. The van der Waals surface area contributed by atoms with Crippen LogP contribution in [0, 0.1) is 6.92 Å². The Labute approximate surface area is 241 Å². The normalized spacial score (nSPS) is 28.2. The molecule has 222 valence electrons. The molecule has 6 rings (SSSR count). The molecule has 42 heavy (non-hydrogen) atoms. The van der Waals surface area contributed by atoms with Crippen LogP contribution < -0.4 is 37.1 Å². The van der Waals surface area contributed by atoms with E-state index >= 15 is 0 Å². The summed E-state index contributed by atoms with van der Waals surface area (Å²) in [5.74, 6) is -2.62. The minimum absolute atomic E-state index is 0.0150. The van der Waals surface area contributed by atoms with E-state index < -0.39 is 41.4 Å². The molecule has 1 aromatic heterocycles. The number of hydrogen-bond donors (Lipinski definition) is 8. The Morgan fingerprint density at radius 2 is 2.02 bits per heavy atom. The van der Waals surface area contributed by atoms with Crippen LogP contribution in [0.4, 0.5) is 0 Å². The standard InChI is InChI=1S/C27H34N10O5/c1-13-30-9-7-16(32-13)22(39)31-11-17-20-26(36-23(28)35-20)27(40,41)18(12-37(26)24(29)33-17)34-21(38)14-5-4-6-15-19(14)42-10-8-25(15,2)3/h4-7,9,17-18,20,40-41H,8,10-12H2,1-3H3,(H2,29,33)(H,31,39)(H,34,38)(H3,28,35,36)/p+1/t17-,18?,20-,26-/m0/s1. The molecule has 1 aromatic carbocycles. The second kappa shape index (κ2) is 9.52. The molecular formula is C27H35N10O5+. The zero-order valence-electron chi connectivity index (χ0n) is 23.5. The van der Waals surface area contributed by atoms with E-state index in [0.717, 1.165) is 12.0 Å². The fraction of sp³-hybridized carbons (Fsp3) is 0.481. The monoisotopic (exact) mass is 579 g/mol. The number of aliphatic imine (C=N–C) groups is 1. The van der Waals surface area contributed by atoms with Crippen LogP contribution >= 0.6 is 0 Å². The number of guanidine groups is 2. The molecular weight excluding hydrogens is 544 g/mol. The van der Waals surface area contributed by atoms with Crippen molar-refractivity contribution in [2.45, 2.75) is 62.2 Å². The number of ether oxygens (including phenoxy) is 1. The number of aromatic nitrogens is 2. The maximum absolute atomic E-state index is 13.6. The van der Waals surface area contributed by atoms with Gasteiger partial charge in [-0.15, -0.1) is 0 Å². The molecule has 1 unspecified atom stereocenters. The summed E-state index contributed by atoms with van der Waals surface area (Å²) in [5, 5.41) is 32.0. The summed E-state index contributed by atoms with van der Waals surface area (Å²) < 4.78 is 5.90. The van der Waals surface area contributed by atoms with Gasteiger partial charge < -0.3 is 31.3 Å². The summed E-state index contributed by atoms with van der Waals surface area (Å²) in [6, 6.07) is 4.00. The van der Waals surface area contributed by atoms with E-state index in [4.69, 9.17) is 16.2 Å². The predicted molar refractivity (Wildman–Crippen MR) is 149 cm³/mol. The molecule has 2 aromatic rings. The maximum Gasteiger partial charge on any atom is 0.343 e. The summed E-state index contributed by atoms with van der Waals surface area (Å²) in [6.45, 7) is 6.20. The molecule has 5 heterocycles. The van der Waals surface area contributed by atoms with Gasteiger partial charge in [-0.25, -0.2) is 20.3 Å². The number of nitrogens with two attached hydrogens (primary N) is 2. The Balaban J connectivity index is 1.26. The average Bonchev–Trinajstić information content (AvgIpc) is 3.40. The fourth-order valence-corrected chi connectivity index (χ4v) is 6.39. The lowest BCUT2D eigenvalue weighted by Gasteiger charge is -2.46. The number of rotatable bonds is 5. The van der Waals surface area contributed by atoms with Gasteiger partial charge in [0.1, 0.15) is 29.4 Å². The van der Waals surface area contributed by atoms with Crippen LogP contribution in [0.3, 0.4) is 0 Å². The van der Waals surface area contributed by atoms with Crippen LogP contribution in [-0.4, -0.2) is 98.1 Å². The zero-order valence-corrected chi connectivity index (χ0v) is 23.5. The second-order valence-corrected chi connectivity index (χ2v) is 11.7. The van der Waals surface area contributed by atoms with Gasteiger partial charge in [0.25, 0.3) is 17.5 Å². The van der Waals surface area contributed by atoms with Gasteiger partial charge in [-0.1, -0.05) is 26.0 Å². The first-order chi connectivity index (χ1) is 19.8. The average molecular weight is 580 g/mol. The van der Waals surface area contributed by atoms with Crippen molar-refractivity contribution in [1.29, 1.82) is 0 Å². The third-order valence-corrected chi connectivity index (χ3v) is 8.63. The minimum Gasteiger partial charge on any atom is -0.492 e. The molecule has 1 fully saturated rings. The highest BCUT2D eigenvalue weighted by Gasteiger charge is 2.76. The van der Waals surface area contributed by atoms with E-state index in [0.29, 0.717) is 23.7 Å². The SMILES string of the molecule is Cc1nccc(C(=O)NC[C@@H]2N=C(N)N3CC(NC(=O)c4cccc5c4OCCC5(C)C)C(O)(O)[C@@]34NC(N)=[NH+][C@@H]24)n1. The Bertz CT molecular complexity index is 1520. The molecule has 4 aliphatic heterocycles. The van der Waals surface area contributed by atoms with Crippen LogP contribution in [0.5, 0.6) is 5.75 Å². The van der Waals surface area contributed by atoms with E-state index in [9.17, 15) is 19.8 Å². The molecule has 0 saturated carbocycles. The van der Waals surface area contributed by atoms with Crippen molar-refractivity contribution in [1.82, 2.24) is 30.8 Å². The Morgan fingerprint density at radius 1 is 1.24 bits per heavy atom.